The summed E-state index contributed by atoms with van der Waals surface area (Å²) in [4.78, 5) is 10.9. The lowest BCUT2D eigenvalue weighted by Crippen LogP contribution is -2.05. The first-order valence-corrected chi connectivity index (χ1v) is 4.62. The Hall–Kier alpha value is -2.10. The molecule has 0 spiro atoms. The van der Waals surface area contributed by atoms with Crippen LogP contribution in [0.5, 0.6) is 0 Å². The number of aromatic amines is 1. The van der Waals surface area contributed by atoms with Crippen LogP contribution in [0.1, 0.15) is 6.92 Å². The highest BCUT2D eigenvalue weighted by Crippen LogP contribution is 2.21. The van der Waals surface area contributed by atoms with Crippen LogP contribution in [0.3, 0.4) is 0 Å². The average molecular weight is 201 g/mol. The van der Waals surface area contributed by atoms with E-state index >= 15 is 0 Å². The van der Waals surface area contributed by atoms with E-state index in [4.69, 9.17) is 0 Å². The van der Waals surface area contributed by atoms with Crippen LogP contribution in [-0.2, 0) is 4.79 Å². The smallest absolute Gasteiger partial charge is 0.221 e. The molecule has 2 rings (SSSR count). The Kier molecular flexibility index (Phi) is 2.49. The monoisotopic (exact) mass is 201 g/mol. The molecule has 1 aromatic carbocycles. The van der Waals surface area contributed by atoms with E-state index in [1.54, 1.807) is 6.20 Å². The largest absolute Gasteiger partial charge is 0.326 e. The van der Waals surface area contributed by atoms with Crippen LogP contribution < -0.4 is 5.32 Å². The maximum atomic E-state index is 10.9. The Morgan fingerprint density at radius 2 is 2.27 bits per heavy atom. The molecule has 4 nitrogen and oxygen atoms in total. The second kappa shape index (κ2) is 3.96. The first-order valence-electron chi connectivity index (χ1n) is 4.62. The van der Waals surface area contributed by atoms with Crippen molar-refractivity contribution in [2.45, 2.75) is 6.92 Å². The van der Waals surface area contributed by atoms with Crippen molar-refractivity contribution >= 4 is 11.6 Å². The summed E-state index contributed by atoms with van der Waals surface area (Å²) in [6.07, 6.45) is 3.56. The summed E-state index contributed by atoms with van der Waals surface area (Å²) in [5.41, 5.74) is 2.82. The Morgan fingerprint density at radius 1 is 1.40 bits per heavy atom. The summed E-state index contributed by atoms with van der Waals surface area (Å²) in [7, 11) is 0. The van der Waals surface area contributed by atoms with Gasteiger partial charge >= 0.3 is 0 Å². The molecule has 0 aliphatic carbocycles. The minimum absolute atomic E-state index is 0.0701. The van der Waals surface area contributed by atoms with Gasteiger partial charge in [0.25, 0.3) is 0 Å². The quantitative estimate of drug-likeness (QED) is 0.781. The molecule has 15 heavy (non-hydrogen) atoms. The van der Waals surface area contributed by atoms with Crippen molar-refractivity contribution in [2.24, 2.45) is 0 Å². The standard InChI is InChI=1S/C11H11N3O/c1-8(15)14-11-4-2-3-9(5-11)10-6-12-13-7-10/h2-7H,1H3,(H,12,13)(H,14,15). The van der Waals surface area contributed by atoms with E-state index < -0.39 is 0 Å². The minimum atomic E-state index is -0.0701. The molecular weight excluding hydrogens is 190 g/mol. The van der Waals surface area contributed by atoms with Gasteiger partial charge in [-0.15, -0.1) is 0 Å². The van der Waals surface area contributed by atoms with Gasteiger partial charge < -0.3 is 5.32 Å². The Bertz CT molecular complexity index is 462. The van der Waals surface area contributed by atoms with Crippen molar-refractivity contribution in [1.29, 1.82) is 0 Å². The number of aromatic nitrogens is 2. The summed E-state index contributed by atoms with van der Waals surface area (Å²) in [5, 5.41) is 9.37. The number of benzene rings is 1. The molecule has 1 amide bonds. The molecule has 76 valence electrons. The highest BCUT2D eigenvalue weighted by molar-refractivity contribution is 5.89. The Labute approximate surface area is 87.3 Å². The van der Waals surface area contributed by atoms with Gasteiger partial charge in [0, 0.05) is 24.4 Å². The van der Waals surface area contributed by atoms with Crippen molar-refractivity contribution in [2.75, 3.05) is 5.32 Å². The van der Waals surface area contributed by atoms with E-state index in [0.29, 0.717) is 0 Å². The predicted molar refractivity (Wildman–Crippen MR) is 58.3 cm³/mol. The van der Waals surface area contributed by atoms with Crippen molar-refractivity contribution in [1.82, 2.24) is 10.2 Å². The molecule has 2 N–H and O–H groups in total. The van der Waals surface area contributed by atoms with Crippen LogP contribution in [0.4, 0.5) is 5.69 Å². The second-order valence-electron chi connectivity index (χ2n) is 3.25. The Morgan fingerprint density at radius 3 is 2.93 bits per heavy atom. The summed E-state index contributed by atoms with van der Waals surface area (Å²) in [6.45, 7) is 1.49. The van der Waals surface area contributed by atoms with Crippen LogP contribution in [-0.4, -0.2) is 16.1 Å². The van der Waals surface area contributed by atoms with Crippen LogP contribution in [0.15, 0.2) is 36.7 Å². The lowest BCUT2D eigenvalue weighted by Gasteiger charge is -2.03. The van der Waals surface area contributed by atoms with Crippen molar-refractivity contribution in [3.05, 3.63) is 36.7 Å². The zero-order valence-corrected chi connectivity index (χ0v) is 8.32. The van der Waals surface area contributed by atoms with Gasteiger partial charge in [-0.1, -0.05) is 12.1 Å². The topological polar surface area (TPSA) is 57.8 Å². The number of H-pyrrole nitrogens is 1. The van der Waals surface area contributed by atoms with Crippen molar-refractivity contribution in [3.63, 3.8) is 0 Å². The molecule has 0 fully saturated rings. The predicted octanol–water partition coefficient (Wildman–Crippen LogP) is 2.04. The third-order valence-electron chi connectivity index (χ3n) is 2.01. The fourth-order valence-corrected chi connectivity index (χ4v) is 1.39. The minimum Gasteiger partial charge on any atom is -0.326 e. The first kappa shape index (κ1) is 9.45. The fourth-order valence-electron chi connectivity index (χ4n) is 1.39. The van der Waals surface area contributed by atoms with Crippen LogP contribution in [0.2, 0.25) is 0 Å². The second-order valence-corrected chi connectivity index (χ2v) is 3.25. The normalized spacial score (nSPS) is 9.93. The SMILES string of the molecule is CC(=O)Nc1cccc(-c2cn[nH]c2)c1. The van der Waals surface area contributed by atoms with E-state index in [2.05, 4.69) is 15.5 Å². The third kappa shape index (κ3) is 2.22. The van der Waals surface area contributed by atoms with E-state index in [-0.39, 0.29) is 5.91 Å². The van der Waals surface area contributed by atoms with Crippen LogP contribution in [0.25, 0.3) is 11.1 Å². The lowest BCUT2D eigenvalue weighted by atomic mass is 10.1. The maximum Gasteiger partial charge on any atom is 0.221 e. The molecule has 0 radical (unpaired) electrons. The number of nitrogens with one attached hydrogen (secondary N) is 2. The molecule has 0 saturated heterocycles. The molecule has 0 atom stereocenters. The van der Waals surface area contributed by atoms with Gasteiger partial charge in [0.2, 0.25) is 5.91 Å². The maximum absolute atomic E-state index is 10.9. The molecule has 0 aliphatic rings. The molecule has 1 aromatic heterocycles. The van der Waals surface area contributed by atoms with Gasteiger partial charge in [-0.05, 0) is 17.7 Å². The first-order chi connectivity index (χ1) is 7.25. The molecule has 4 heteroatoms. The summed E-state index contributed by atoms with van der Waals surface area (Å²) in [5.74, 6) is -0.0701. The van der Waals surface area contributed by atoms with Gasteiger partial charge in [0.1, 0.15) is 0 Å². The number of rotatable bonds is 2. The van der Waals surface area contributed by atoms with E-state index in [1.165, 1.54) is 6.92 Å². The number of carbonyl (C=O) groups is 1. The number of carbonyl (C=O) groups excluding carboxylic acids is 1. The Balaban J connectivity index is 2.31. The average Bonchev–Trinajstić information content (AvgIpc) is 2.69. The van der Waals surface area contributed by atoms with Gasteiger partial charge in [-0.3, -0.25) is 9.89 Å². The van der Waals surface area contributed by atoms with Crippen LogP contribution in [0, 0.1) is 0 Å². The molecule has 2 aromatic rings. The van der Waals surface area contributed by atoms with E-state index in [1.807, 2.05) is 30.5 Å². The van der Waals surface area contributed by atoms with Gasteiger partial charge in [0.05, 0.1) is 6.20 Å². The van der Waals surface area contributed by atoms with Crippen molar-refractivity contribution < 1.29 is 4.79 Å². The molecule has 0 aliphatic heterocycles. The van der Waals surface area contributed by atoms with Gasteiger partial charge in [-0.2, -0.15) is 5.10 Å². The summed E-state index contributed by atoms with van der Waals surface area (Å²) >= 11 is 0. The number of amides is 1. The number of nitrogens with zero attached hydrogens (tertiary/aromatic N) is 1. The summed E-state index contributed by atoms with van der Waals surface area (Å²) < 4.78 is 0. The van der Waals surface area contributed by atoms with Gasteiger partial charge in [0.15, 0.2) is 0 Å². The summed E-state index contributed by atoms with van der Waals surface area (Å²) in [6, 6.07) is 7.63. The zero-order chi connectivity index (χ0) is 10.7. The molecule has 0 saturated carbocycles. The van der Waals surface area contributed by atoms with Gasteiger partial charge in [-0.25, -0.2) is 0 Å². The lowest BCUT2D eigenvalue weighted by molar-refractivity contribution is -0.114. The zero-order valence-electron chi connectivity index (χ0n) is 8.32. The number of anilines is 1. The highest BCUT2D eigenvalue weighted by Gasteiger charge is 2.00. The van der Waals surface area contributed by atoms with E-state index in [0.717, 1.165) is 16.8 Å². The fraction of sp³-hybridized carbons (Fsp3) is 0.0909. The van der Waals surface area contributed by atoms with Crippen molar-refractivity contribution in [3.8, 4) is 11.1 Å². The molecule has 0 bridgehead atoms. The molecule has 0 unspecified atom stereocenters. The number of hydrogen-bond acceptors (Lipinski definition) is 2. The molecule has 1 heterocycles. The molecular formula is C11H11N3O. The van der Waals surface area contributed by atoms with Crippen LogP contribution >= 0.6 is 0 Å². The number of hydrogen-bond donors (Lipinski definition) is 2. The van der Waals surface area contributed by atoms with E-state index in [9.17, 15) is 4.79 Å². The third-order valence-corrected chi connectivity index (χ3v) is 2.01. The highest BCUT2D eigenvalue weighted by atomic mass is 16.1.